The molecule has 1 aliphatic carbocycles. The number of methoxy groups -OCH3 is 3. The molecule has 1 aromatic carbocycles. The van der Waals surface area contributed by atoms with E-state index in [9.17, 15) is 4.79 Å². The summed E-state index contributed by atoms with van der Waals surface area (Å²) in [6.07, 6.45) is 3.32. The Kier molecular flexibility index (Phi) is 3.04. The van der Waals surface area contributed by atoms with Gasteiger partial charge in [-0.3, -0.25) is 4.79 Å². The molecule has 3 heterocycles. The minimum atomic E-state index is -0.484. The summed E-state index contributed by atoms with van der Waals surface area (Å²) in [5.74, 6) is 1.48. The average molecular weight is 343 g/mol. The van der Waals surface area contributed by atoms with Gasteiger partial charge in [-0.25, -0.2) is 0 Å². The molecule has 0 N–H and O–H groups in total. The molecule has 6 nitrogen and oxygen atoms in total. The van der Waals surface area contributed by atoms with Crippen molar-refractivity contribution in [1.82, 2.24) is 4.90 Å². The number of benzene rings is 1. The number of ether oxygens (including phenoxy) is 4. The molecule has 1 aromatic rings. The summed E-state index contributed by atoms with van der Waals surface area (Å²) in [7, 11) is 5.00. The highest BCUT2D eigenvalue weighted by atomic mass is 16.6. The van der Waals surface area contributed by atoms with Crippen molar-refractivity contribution in [2.45, 2.75) is 36.7 Å². The van der Waals surface area contributed by atoms with Gasteiger partial charge < -0.3 is 23.8 Å². The van der Waals surface area contributed by atoms with Gasteiger partial charge in [0.25, 0.3) is 0 Å². The largest absolute Gasteiger partial charge is 0.493 e. The Morgan fingerprint density at radius 2 is 1.96 bits per heavy atom. The van der Waals surface area contributed by atoms with Crippen LogP contribution in [0.15, 0.2) is 23.8 Å². The fraction of sp³-hybridized carbons (Fsp3) is 0.526. The van der Waals surface area contributed by atoms with Crippen LogP contribution < -0.4 is 9.47 Å². The predicted octanol–water partition coefficient (Wildman–Crippen LogP) is 1.41. The summed E-state index contributed by atoms with van der Waals surface area (Å²) < 4.78 is 22.6. The predicted molar refractivity (Wildman–Crippen MR) is 88.8 cm³/mol. The van der Waals surface area contributed by atoms with Gasteiger partial charge in [0.1, 0.15) is 12.2 Å². The normalized spacial score (nSPS) is 34.5. The Hall–Kier alpha value is -2.05. The zero-order valence-electron chi connectivity index (χ0n) is 14.6. The van der Waals surface area contributed by atoms with Crippen molar-refractivity contribution in [2.75, 3.05) is 27.9 Å². The number of carbonyl (C=O) groups excluding carboxylic acids is 1. The van der Waals surface area contributed by atoms with Crippen molar-refractivity contribution in [3.63, 3.8) is 0 Å². The first kappa shape index (κ1) is 15.2. The molecular formula is C19H21NO5. The van der Waals surface area contributed by atoms with Crippen LogP contribution >= 0.6 is 0 Å². The van der Waals surface area contributed by atoms with Crippen molar-refractivity contribution in [1.29, 1.82) is 0 Å². The summed E-state index contributed by atoms with van der Waals surface area (Å²) in [6.45, 7) is 0.690. The summed E-state index contributed by atoms with van der Waals surface area (Å²) in [5, 5.41) is 0. The lowest BCUT2D eigenvalue weighted by molar-refractivity contribution is -0.131. The summed E-state index contributed by atoms with van der Waals surface area (Å²) in [5.41, 5.74) is 2.90. The van der Waals surface area contributed by atoms with E-state index in [2.05, 4.69) is 0 Å². The molecule has 25 heavy (non-hydrogen) atoms. The van der Waals surface area contributed by atoms with E-state index in [0.717, 1.165) is 23.3 Å². The third-order valence-electron chi connectivity index (χ3n) is 6.14. The number of carbonyl (C=O) groups is 1. The van der Waals surface area contributed by atoms with Gasteiger partial charge in [-0.1, -0.05) is 0 Å². The highest BCUT2D eigenvalue weighted by Gasteiger charge is 2.66. The lowest BCUT2D eigenvalue weighted by Gasteiger charge is -2.48. The molecule has 0 radical (unpaired) electrons. The third-order valence-corrected chi connectivity index (χ3v) is 6.14. The number of nitrogens with zero attached hydrogens (tertiary/aromatic N) is 1. The summed E-state index contributed by atoms with van der Waals surface area (Å²) >= 11 is 0. The van der Waals surface area contributed by atoms with Crippen LogP contribution in [0.1, 0.15) is 17.5 Å². The molecule has 3 aliphatic heterocycles. The second-order valence-electron chi connectivity index (χ2n) is 7.06. The molecule has 1 saturated heterocycles. The van der Waals surface area contributed by atoms with Crippen molar-refractivity contribution >= 4 is 5.91 Å². The maximum Gasteiger partial charge on any atom is 0.247 e. The molecule has 5 rings (SSSR count). The first-order valence-corrected chi connectivity index (χ1v) is 8.61. The zero-order chi connectivity index (χ0) is 17.3. The quantitative estimate of drug-likeness (QED) is 0.777. The Balaban J connectivity index is 1.73. The maximum atomic E-state index is 12.7. The molecule has 1 saturated carbocycles. The Labute approximate surface area is 146 Å². The van der Waals surface area contributed by atoms with Gasteiger partial charge in [0.15, 0.2) is 11.5 Å². The van der Waals surface area contributed by atoms with Gasteiger partial charge in [0, 0.05) is 26.2 Å². The SMILES string of the molecule is COc1cc2c(cc1OC)[C@]13C[C@H](OC)[C@@H]4O[C@@H]4C1=CC(=O)N3CC2. The van der Waals surface area contributed by atoms with Gasteiger partial charge in [-0.05, 0) is 35.3 Å². The fourth-order valence-electron chi connectivity index (χ4n) is 4.96. The van der Waals surface area contributed by atoms with Crippen LogP contribution in [-0.4, -0.2) is 57.0 Å². The number of hydrogen-bond donors (Lipinski definition) is 0. The first-order chi connectivity index (χ1) is 12.1. The standard InChI is InChI=1S/C19H21NO5/c1-22-13-6-10-4-5-20-16(21)8-12-17-18(25-17)15(24-3)9-19(12,20)11(10)7-14(13)23-2/h6-8,15,17-18H,4-5,9H2,1-3H3/t15-,17+,18-,19+/m0/s1. The molecule has 2 fully saturated rings. The Morgan fingerprint density at radius 3 is 2.68 bits per heavy atom. The number of rotatable bonds is 3. The van der Waals surface area contributed by atoms with E-state index in [-0.39, 0.29) is 24.2 Å². The van der Waals surface area contributed by atoms with Crippen LogP contribution in [0.25, 0.3) is 0 Å². The number of fused-ring (bicyclic) bond motifs is 3. The Bertz CT molecular complexity index is 803. The summed E-state index contributed by atoms with van der Waals surface area (Å²) in [6, 6.07) is 4.07. The van der Waals surface area contributed by atoms with Gasteiger partial charge in [0.2, 0.25) is 5.91 Å². The lowest BCUT2D eigenvalue weighted by Crippen LogP contribution is -2.55. The lowest BCUT2D eigenvalue weighted by atomic mass is 9.69. The van der Waals surface area contributed by atoms with Gasteiger partial charge >= 0.3 is 0 Å². The van der Waals surface area contributed by atoms with Crippen molar-refractivity contribution in [3.8, 4) is 11.5 Å². The van der Waals surface area contributed by atoms with E-state index in [0.29, 0.717) is 18.7 Å². The maximum absolute atomic E-state index is 12.7. The van der Waals surface area contributed by atoms with E-state index < -0.39 is 5.54 Å². The van der Waals surface area contributed by atoms with E-state index in [1.165, 1.54) is 5.56 Å². The highest BCUT2D eigenvalue weighted by Crippen LogP contribution is 2.59. The molecule has 6 heteroatoms. The van der Waals surface area contributed by atoms with Crippen molar-refractivity contribution in [3.05, 3.63) is 34.9 Å². The van der Waals surface area contributed by atoms with E-state index in [1.807, 2.05) is 17.0 Å². The first-order valence-electron chi connectivity index (χ1n) is 8.61. The third kappa shape index (κ3) is 1.79. The molecule has 1 spiro atoms. The average Bonchev–Trinajstić information content (AvgIpc) is 3.37. The minimum absolute atomic E-state index is 0.0189. The molecular weight excluding hydrogens is 322 g/mol. The second-order valence-corrected chi connectivity index (χ2v) is 7.06. The number of amides is 1. The van der Waals surface area contributed by atoms with Crippen LogP contribution in [0.4, 0.5) is 0 Å². The van der Waals surface area contributed by atoms with Crippen LogP contribution in [0.3, 0.4) is 0 Å². The van der Waals surface area contributed by atoms with E-state index >= 15 is 0 Å². The van der Waals surface area contributed by atoms with Gasteiger partial charge in [-0.15, -0.1) is 0 Å². The molecule has 1 amide bonds. The molecule has 0 unspecified atom stereocenters. The topological polar surface area (TPSA) is 60.5 Å². The minimum Gasteiger partial charge on any atom is -0.493 e. The molecule has 132 valence electrons. The molecule has 0 bridgehead atoms. The van der Waals surface area contributed by atoms with Gasteiger partial charge in [0.05, 0.1) is 25.9 Å². The van der Waals surface area contributed by atoms with Crippen LogP contribution in [0, 0.1) is 0 Å². The van der Waals surface area contributed by atoms with E-state index in [1.54, 1.807) is 27.4 Å². The monoisotopic (exact) mass is 343 g/mol. The van der Waals surface area contributed by atoms with E-state index in [4.69, 9.17) is 18.9 Å². The summed E-state index contributed by atoms with van der Waals surface area (Å²) in [4.78, 5) is 14.7. The van der Waals surface area contributed by atoms with Crippen LogP contribution in [-0.2, 0) is 26.2 Å². The van der Waals surface area contributed by atoms with Crippen LogP contribution in [0.2, 0.25) is 0 Å². The Morgan fingerprint density at radius 1 is 1.20 bits per heavy atom. The number of hydrogen-bond acceptors (Lipinski definition) is 5. The second kappa shape index (κ2) is 4.99. The zero-order valence-corrected chi connectivity index (χ0v) is 14.6. The van der Waals surface area contributed by atoms with Crippen LogP contribution in [0.5, 0.6) is 11.5 Å². The fourth-order valence-corrected chi connectivity index (χ4v) is 4.96. The molecule has 4 aliphatic rings. The highest BCUT2D eigenvalue weighted by molar-refractivity contribution is 5.94. The molecule has 4 atom stereocenters. The van der Waals surface area contributed by atoms with Gasteiger partial charge in [-0.2, -0.15) is 0 Å². The number of epoxide rings is 1. The van der Waals surface area contributed by atoms with Crippen molar-refractivity contribution in [2.24, 2.45) is 0 Å². The molecule has 0 aromatic heterocycles. The van der Waals surface area contributed by atoms with Crippen molar-refractivity contribution < 1.29 is 23.7 Å². The smallest absolute Gasteiger partial charge is 0.247 e.